The first-order valence-corrected chi connectivity index (χ1v) is 7.08. The fourth-order valence-electron chi connectivity index (χ4n) is 1.94. The minimum Gasteiger partial charge on any atom is -0.482 e. The van der Waals surface area contributed by atoms with Crippen molar-refractivity contribution in [2.45, 2.75) is 27.2 Å². The first-order chi connectivity index (χ1) is 10.1. The molecule has 0 saturated carbocycles. The molecule has 0 bridgehead atoms. The van der Waals surface area contributed by atoms with Gasteiger partial charge in [0.1, 0.15) is 11.5 Å². The maximum Gasteiger partial charge on any atom is 0.349 e. The smallest absolute Gasteiger partial charge is 0.349 e. The molecule has 2 rings (SSSR count). The van der Waals surface area contributed by atoms with Gasteiger partial charge < -0.3 is 9.47 Å². The largest absolute Gasteiger partial charge is 0.482 e. The van der Waals surface area contributed by atoms with Crippen LogP contribution in [0.3, 0.4) is 0 Å². The highest BCUT2D eigenvalue weighted by Crippen LogP contribution is 2.17. The first-order valence-electron chi connectivity index (χ1n) is 7.08. The average molecular weight is 284 g/mol. The maximum absolute atomic E-state index is 11.8. The minimum absolute atomic E-state index is 0.0971. The molecule has 0 aliphatic carbocycles. The summed E-state index contributed by atoms with van der Waals surface area (Å²) in [5.74, 6) is 0.834. The van der Waals surface area contributed by atoms with Crippen molar-refractivity contribution in [3.63, 3.8) is 0 Å². The standard InChI is InChI=1S/C18H20O3/c1-4-15-6-5-7-16(11-15)20-12-18(19)21-17-9-8-13(2)14(3)10-17/h5-11H,4,12H2,1-3H3. The third kappa shape index (κ3) is 4.35. The number of benzene rings is 2. The number of ether oxygens (including phenoxy) is 2. The van der Waals surface area contributed by atoms with E-state index in [1.807, 2.05) is 50.2 Å². The molecule has 110 valence electrons. The predicted molar refractivity (Wildman–Crippen MR) is 82.9 cm³/mol. The second-order valence-electron chi connectivity index (χ2n) is 5.01. The van der Waals surface area contributed by atoms with Crippen molar-refractivity contribution in [3.05, 3.63) is 59.2 Å². The molecule has 0 heterocycles. The zero-order valence-corrected chi connectivity index (χ0v) is 12.7. The Bertz CT molecular complexity index is 632. The van der Waals surface area contributed by atoms with Gasteiger partial charge in [-0.25, -0.2) is 4.79 Å². The molecule has 0 spiro atoms. The summed E-state index contributed by atoms with van der Waals surface area (Å²) >= 11 is 0. The van der Waals surface area contributed by atoms with E-state index in [4.69, 9.17) is 9.47 Å². The van der Waals surface area contributed by atoms with Gasteiger partial charge in [-0.1, -0.05) is 25.1 Å². The van der Waals surface area contributed by atoms with E-state index >= 15 is 0 Å². The summed E-state index contributed by atoms with van der Waals surface area (Å²) in [5.41, 5.74) is 3.44. The van der Waals surface area contributed by atoms with Crippen molar-refractivity contribution in [3.8, 4) is 11.5 Å². The third-order valence-corrected chi connectivity index (χ3v) is 3.37. The van der Waals surface area contributed by atoms with Gasteiger partial charge in [0.2, 0.25) is 0 Å². The van der Waals surface area contributed by atoms with Crippen molar-refractivity contribution in [2.75, 3.05) is 6.61 Å². The van der Waals surface area contributed by atoms with Crippen LogP contribution in [0, 0.1) is 13.8 Å². The summed E-state index contributed by atoms with van der Waals surface area (Å²) in [6.07, 6.45) is 0.935. The van der Waals surface area contributed by atoms with Crippen LogP contribution in [-0.4, -0.2) is 12.6 Å². The normalized spacial score (nSPS) is 10.2. The van der Waals surface area contributed by atoms with Crippen LogP contribution in [0.15, 0.2) is 42.5 Å². The highest BCUT2D eigenvalue weighted by Gasteiger charge is 2.07. The summed E-state index contributed by atoms with van der Waals surface area (Å²) in [5, 5.41) is 0. The number of esters is 1. The maximum atomic E-state index is 11.8. The molecular weight excluding hydrogens is 264 g/mol. The topological polar surface area (TPSA) is 35.5 Å². The minimum atomic E-state index is -0.403. The summed E-state index contributed by atoms with van der Waals surface area (Å²) in [4.78, 5) is 11.8. The number of aryl methyl sites for hydroxylation is 3. The van der Waals surface area contributed by atoms with E-state index in [0.717, 1.165) is 12.0 Å². The van der Waals surface area contributed by atoms with Crippen LogP contribution < -0.4 is 9.47 Å². The van der Waals surface area contributed by atoms with E-state index in [9.17, 15) is 4.79 Å². The molecule has 0 aliphatic heterocycles. The van der Waals surface area contributed by atoms with E-state index in [-0.39, 0.29) is 6.61 Å². The lowest BCUT2D eigenvalue weighted by Crippen LogP contribution is -2.17. The van der Waals surface area contributed by atoms with Crippen LogP contribution in [0.5, 0.6) is 11.5 Å². The molecule has 0 unspecified atom stereocenters. The van der Waals surface area contributed by atoms with Gasteiger partial charge in [-0.3, -0.25) is 0 Å². The molecule has 21 heavy (non-hydrogen) atoms. The van der Waals surface area contributed by atoms with Gasteiger partial charge >= 0.3 is 5.97 Å². The Kier molecular flexibility index (Phi) is 4.99. The lowest BCUT2D eigenvalue weighted by Gasteiger charge is -2.09. The monoisotopic (exact) mass is 284 g/mol. The van der Waals surface area contributed by atoms with Crippen LogP contribution in [0.1, 0.15) is 23.6 Å². The van der Waals surface area contributed by atoms with E-state index < -0.39 is 5.97 Å². The molecule has 2 aromatic carbocycles. The first kappa shape index (κ1) is 15.1. The summed E-state index contributed by atoms with van der Waals surface area (Å²) in [6.45, 7) is 5.98. The molecule has 0 aliphatic rings. The SMILES string of the molecule is CCc1cccc(OCC(=O)Oc2ccc(C)c(C)c2)c1. The second-order valence-corrected chi connectivity index (χ2v) is 5.01. The fraction of sp³-hybridized carbons (Fsp3) is 0.278. The lowest BCUT2D eigenvalue weighted by molar-refractivity contribution is -0.136. The Labute approximate surface area is 125 Å². The number of carbonyl (C=O) groups is 1. The van der Waals surface area contributed by atoms with Gasteiger partial charge in [0.15, 0.2) is 6.61 Å². The molecular formula is C18H20O3. The lowest BCUT2D eigenvalue weighted by atomic mass is 10.1. The average Bonchev–Trinajstić information content (AvgIpc) is 2.49. The molecule has 0 radical (unpaired) electrons. The van der Waals surface area contributed by atoms with Crippen molar-refractivity contribution < 1.29 is 14.3 Å². The number of rotatable bonds is 5. The summed E-state index contributed by atoms with van der Waals surface area (Å²) in [6, 6.07) is 13.3. The van der Waals surface area contributed by atoms with Crippen LogP contribution in [-0.2, 0) is 11.2 Å². The molecule has 0 saturated heterocycles. The molecule has 3 nitrogen and oxygen atoms in total. The van der Waals surface area contributed by atoms with Crippen LogP contribution >= 0.6 is 0 Å². The predicted octanol–water partition coefficient (Wildman–Crippen LogP) is 3.85. The number of hydrogen-bond acceptors (Lipinski definition) is 3. The third-order valence-electron chi connectivity index (χ3n) is 3.37. The second kappa shape index (κ2) is 6.93. The van der Waals surface area contributed by atoms with Gasteiger partial charge in [0.05, 0.1) is 0 Å². The molecule has 2 aromatic rings. The molecule has 0 N–H and O–H groups in total. The van der Waals surface area contributed by atoms with E-state index in [1.165, 1.54) is 11.1 Å². The van der Waals surface area contributed by atoms with Crippen molar-refractivity contribution in [1.29, 1.82) is 0 Å². The Hall–Kier alpha value is -2.29. The molecule has 0 aromatic heterocycles. The number of carbonyl (C=O) groups excluding carboxylic acids is 1. The zero-order valence-electron chi connectivity index (χ0n) is 12.7. The number of hydrogen-bond donors (Lipinski definition) is 0. The van der Waals surface area contributed by atoms with Gasteiger partial charge in [-0.15, -0.1) is 0 Å². The van der Waals surface area contributed by atoms with Gasteiger partial charge in [0.25, 0.3) is 0 Å². The fourth-order valence-corrected chi connectivity index (χ4v) is 1.94. The van der Waals surface area contributed by atoms with Crippen LogP contribution in [0.25, 0.3) is 0 Å². The van der Waals surface area contributed by atoms with Crippen molar-refractivity contribution in [2.24, 2.45) is 0 Å². The van der Waals surface area contributed by atoms with Crippen LogP contribution in [0.4, 0.5) is 0 Å². The van der Waals surface area contributed by atoms with Gasteiger partial charge in [-0.05, 0) is 61.2 Å². The van der Waals surface area contributed by atoms with Crippen molar-refractivity contribution >= 4 is 5.97 Å². The van der Waals surface area contributed by atoms with Gasteiger partial charge in [-0.2, -0.15) is 0 Å². The Morgan fingerprint density at radius 3 is 2.52 bits per heavy atom. The summed E-state index contributed by atoms with van der Waals surface area (Å²) < 4.78 is 10.7. The van der Waals surface area contributed by atoms with E-state index in [2.05, 4.69) is 6.92 Å². The van der Waals surface area contributed by atoms with Crippen molar-refractivity contribution in [1.82, 2.24) is 0 Å². The molecule has 3 heteroatoms. The summed E-state index contributed by atoms with van der Waals surface area (Å²) in [7, 11) is 0. The molecule has 0 fully saturated rings. The molecule has 0 atom stereocenters. The molecule has 0 amide bonds. The van der Waals surface area contributed by atoms with Crippen LogP contribution in [0.2, 0.25) is 0 Å². The van der Waals surface area contributed by atoms with E-state index in [0.29, 0.717) is 11.5 Å². The zero-order chi connectivity index (χ0) is 15.2. The Balaban J connectivity index is 1.91. The highest BCUT2D eigenvalue weighted by molar-refractivity contribution is 5.74. The van der Waals surface area contributed by atoms with E-state index in [1.54, 1.807) is 6.07 Å². The quantitative estimate of drug-likeness (QED) is 0.618. The van der Waals surface area contributed by atoms with Gasteiger partial charge in [0, 0.05) is 0 Å². The highest BCUT2D eigenvalue weighted by atomic mass is 16.6. The Morgan fingerprint density at radius 2 is 1.81 bits per heavy atom. The Morgan fingerprint density at radius 1 is 1.00 bits per heavy atom.